The van der Waals surface area contributed by atoms with E-state index in [2.05, 4.69) is 34.1 Å². The van der Waals surface area contributed by atoms with Gasteiger partial charge in [-0.3, -0.25) is 19.3 Å². The van der Waals surface area contributed by atoms with Gasteiger partial charge >= 0.3 is 0 Å². The lowest BCUT2D eigenvalue weighted by Crippen LogP contribution is -2.47. The number of allylic oxidation sites excluding steroid dienone is 1. The summed E-state index contributed by atoms with van der Waals surface area (Å²) in [5.74, 6) is -0.0577. The Morgan fingerprint density at radius 1 is 0.951 bits per heavy atom. The van der Waals surface area contributed by atoms with E-state index in [1.165, 1.54) is 28.3 Å². The molecule has 2 heterocycles. The lowest BCUT2D eigenvalue weighted by molar-refractivity contribution is -0.121. The number of benzene rings is 3. The summed E-state index contributed by atoms with van der Waals surface area (Å²) in [4.78, 5) is 44.5. The maximum absolute atomic E-state index is 13.2. The first-order valence-corrected chi connectivity index (χ1v) is 14.8. The van der Waals surface area contributed by atoms with Crippen molar-refractivity contribution < 1.29 is 19.1 Å². The average Bonchev–Trinajstić information content (AvgIpc) is 3.28. The predicted octanol–water partition coefficient (Wildman–Crippen LogP) is 5.06. The summed E-state index contributed by atoms with van der Waals surface area (Å²) < 4.78 is 5.97. The Hall–Kier alpha value is -3.79. The smallest absolute Gasteiger partial charge is 0.247 e. The molecule has 3 aromatic rings. The number of carbonyl (C=O) groups is 3. The Kier molecular flexibility index (Phi) is 9.28. The number of piperazine rings is 1. The molecule has 210 valence electrons. The normalized spacial score (nSPS) is 17.8. The van der Waals surface area contributed by atoms with Crippen LogP contribution in [0.15, 0.2) is 84.9 Å². The zero-order valence-corrected chi connectivity index (χ0v) is 24.4. The average molecular weight is 586 g/mol. The number of para-hydroxylation sites is 1. The van der Waals surface area contributed by atoms with Gasteiger partial charge in [0.15, 0.2) is 5.78 Å². The van der Waals surface area contributed by atoms with Crippen molar-refractivity contribution in [2.45, 2.75) is 18.2 Å². The van der Waals surface area contributed by atoms with E-state index in [1.54, 1.807) is 37.5 Å². The van der Waals surface area contributed by atoms with Crippen molar-refractivity contribution in [3.63, 3.8) is 0 Å². The lowest BCUT2D eigenvalue weighted by atomic mass is 10.1. The molecule has 0 saturated carbocycles. The summed E-state index contributed by atoms with van der Waals surface area (Å²) in [5, 5.41) is -0.553. The molecule has 2 aliphatic heterocycles. The van der Waals surface area contributed by atoms with Crippen LogP contribution in [-0.2, 0) is 16.1 Å². The third kappa shape index (κ3) is 6.93. The predicted molar refractivity (Wildman–Crippen MR) is 167 cm³/mol. The molecule has 7 nitrogen and oxygen atoms in total. The van der Waals surface area contributed by atoms with Gasteiger partial charge in [0.05, 0.1) is 12.8 Å². The Morgan fingerprint density at radius 3 is 2.34 bits per heavy atom. The topological polar surface area (TPSA) is 70.2 Å². The number of hydrogen-bond donors (Lipinski definition) is 0. The van der Waals surface area contributed by atoms with Gasteiger partial charge in [-0.05, 0) is 48.0 Å². The van der Waals surface area contributed by atoms with E-state index in [1.807, 2.05) is 30.3 Å². The third-order valence-corrected chi connectivity index (χ3v) is 8.85. The van der Waals surface area contributed by atoms with Crippen molar-refractivity contribution in [3.8, 4) is 5.75 Å². The Labute approximate surface area is 249 Å². The maximum atomic E-state index is 13.2. The Balaban J connectivity index is 1.15. The molecule has 0 aliphatic carbocycles. The molecule has 1 unspecified atom stereocenters. The molecule has 0 aromatic heterocycles. The summed E-state index contributed by atoms with van der Waals surface area (Å²) in [6.45, 7) is 4.26. The number of ether oxygens (including phenoxy) is 1. The molecule has 5 rings (SSSR count). The molecular formula is C32H31N3O4S2. The minimum Gasteiger partial charge on any atom is -0.496 e. The fourth-order valence-corrected chi connectivity index (χ4v) is 6.47. The van der Waals surface area contributed by atoms with E-state index >= 15 is 0 Å². The van der Waals surface area contributed by atoms with E-state index in [4.69, 9.17) is 17.0 Å². The molecule has 1 atom stereocenters. The number of nitrogens with zero attached hydrogens (tertiary/aromatic N) is 3. The SMILES string of the molecule is COc1ccccc1/C=C/C(=O)c1ccc(N2C(=O)CC(SC(=S)N3CCN(Cc4ccccc4)CC3)C2=O)cc1. The molecule has 9 heteroatoms. The van der Waals surface area contributed by atoms with Crippen LogP contribution in [0.1, 0.15) is 27.9 Å². The summed E-state index contributed by atoms with van der Waals surface area (Å²) in [6, 6.07) is 24.3. The van der Waals surface area contributed by atoms with E-state index in [9.17, 15) is 14.4 Å². The molecular weight excluding hydrogens is 555 g/mol. The second-order valence-corrected chi connectivity index (χ2v) is 11.7. The van der Waals surface area contributed by atoms with Gasteiger partial charge in [-0.1, -0.05) is 72.5 Å². The number of anilines is 1. The van der Waals surface area contributed by atoms with E-state index in [0.29, 0.717) is 21.3 Å². The highest BCUT2D eigenvalue weighted by Gasteiger charge is 2.41. The number of thioether (sulfide) groups is 1. The number of hydrogen-bond acceptors (Lipinski definition) is 7. The first-order chi connectivity index (χ1) is 19.9. The summed E-state index contributed by atoms with van der Waals surface area (Å²) in [7, 11) is 1.58. The lowest BCUT2D eigenvalue weighted by Gasteiger charge is -2.36. The minimum atomic E-state index is -0.553. The highest BCUT2D eigenvalue weighted by atomic mass is 32.2. The van der Waals surface area contributed by atoms with Crippen LogP contribution in [0, 0.1) is 0 Å². The van der Waals surface area contributed by atoms with Crippen LogP contribution in [0.5, 0.6) is 5.75 Å². The largest absolute Gasteiger partial charge is 0.496 e. The monoisotopic (exact) mass is 585 g/mol. The highest BCUT2D eigenvalue weighted by molar-refractivity contribution is 8.23. The third-order valence-electron chi connectivity index (χ3n) is 7.19. The van der Waals surface area contributed by atoms with Crippen molar-refractivity contribution in [1.29, 1.82) is 0 Å². The molecule has 2 amide bonds. The number of ketones is 1. The maximum Gasteiger partial charge on any atom is 0.247 e. The van der Waals surface area contributed by atoms with Gasteiger partial charge < -0.3 is 9.64 Å². The fraction of sp³-hybridized carbons (Fsp3) is 0.250. The molecule has 0 bridgehead atoms. The zero-order chi connectivity index (χ0) is 28.8. The summed E-state index contributed by atoms with van der Waals surface area (Å²) in [6.07, 6.45) is 3.28. The minimum absolute atomic E-state index is 0.0972. The van der Waals surface area contributed by atoms with Gasteiger partial charge in [0.2, 0.25) is 11.8 Å². The van der Waals surface area contributed by atoms with Gasteiger partial charge in [0, 0.05) is 50.3 Å². The summed E-state index contributed by atoms with van der Waals surface area (Å²) in [5.41, 5.74) is 2.99. The number of amides is 2. The first-order valence-electron chi connectivity index (χ1n) is 13.5. The van der Waals surface area contributed by atoms with Crippen LogP contribution in [-0.4, -0.2) is 70.3 Å². The van der Waals surface area contributed by atoms with Crippen LogP contribution in [0.3, 0.4) is 0 Å². The molecule has 41 heavy (non-hydrogen) atoms. The number of imide groups is 1. The standard InChI is InChI=1S/C32H31N3O4S2/c1-39-28-10-6-5-9-25(28)13-16-27(36)24-11-14-26(15-12-24)35-30(37)21-29(31(35)38)41-32(40)34-19-17-33(18-20-34)22-23-7-3-2-4-8-23/h2-16,29H,17-22H2,1H3/b16-13+. The molecule has 0 N–H and O–H groups in total. The Bertz CT molecular complexity index is 1450. The van der Waals surface area contributed by atoms with Gasteiger partial charge in [-0.15, -0.1) is 0 Å². The summed E-state index contributed by atoms with van der Waals surface area (Å²) >= 11 is 6.98. The number of thiocarbonyl (C=S) groups is 1. The number of methoxy groups -OCH3 is 1. The van der Waals surface area contributed by atoms with Crippen molar-refractivity contribution >= 4 is 57.7 Å². The van der Waals surface area contributed by atoms with Crippen molar-refractivity contribution in [1.82, 2.24) is 9.80 Å². The van der Waals surface area contributed by atoms with Gasteiger partial charge in [-0.25, -0.2) is 4.90 Å². The molecule has 2 aliphatic rings. The quantitative estimate of drug-likeness (QED) is 0.157. The van der Waals surface area contributed by atoms with Crippen LogP contribution in [0.4, 0.5) is 5.69 Å². The van der Waals surface area contributed by atoms with E-state index in [0.717, 1.165) is 38.3 Å². The van der Waals surface area contributed by atoms with Crippen LogP contribution in [0.25, 0.3) is 6.08 Å². The van der Waals surface area contributed by atoms with Crippen LogP contribution >= 0.6 is 24.0 Å². The molecule has 3 aromatic carbocycles. The Morgan fingerprint density at radius 2 is 1.63 bits per heavy atom. The fourth-order valence-electron chi connectivity index (χ4n) is 4.93. The molecule has 0 radical (unpaired) electrons. The van der Waals surface area contributed by atoms with Crippen molar-refractivity contribution in [2.24, 2.45) is 0 Å². The second kappa shape index (κ2) is 13.2. The molecule has 2 fully saturated rings. The van der Waals surface area contributed by atoms with Gasteiger partial charge in [0.1, 0.15) is 15.3 Å². The number of carbonyl (C=O) groups excluding carboxylic acids is 3. The van der Waals surface area contributed by atoms with Gasteiger partial charge in [0.25, 0.3) is 0 Å². The molecule has 2 saturated heterocycles. The first kappa shape index (κ1) is 28.7. The number of rotatable bonds is 8. The van der Waals surface area contributed by atoms with E-state index in [-0.39, 0.29) is 24.0 Å². The molecule has 0 spiro atoms. The zero-order valence-electron chi connectivity index (χ0n) is 22.8. The van der Waals surface area contributed by atoms with Crippen molar-refractivity contribution in [3.05, 3.63) is 102 Å². The van der Waals surface area contributed by atoms with Gasteiger partial charge in [-0.2, -0.15) is 0 Å². The van der Waals surface area contributed by atoms with Crippen LogP contribution in [0.2, 0.25) is 0 Å². The highest BCUT2D eigenvalue weighted by Crippen LogP contribution is 2.32. The second-order valence-electron chi connectivity index (χ2n) is 9.88. The van der Waals surface area contributed by atoms with E-state index < -0.39 is 5.25 Å². The van der Waals surface area contributed by atoms with Crippen molar-refractivity contribution in [2.75, 3.05) is 38.2 Å². The van der Waals surface area contributed by atoms with Crippen LogP contribution < -0.4 is 9.64 Å².